The number of benzene rings is 1. The summed E-state index contributed by atoms with van der Waals surface area (Å²) in [5.74, 6) is -0.866. The van der Waals surface area contributed by atoms with Crippen molar-refractivity contribution < 1.29 is 24.2 Å². The smallest absolute Gasteiger partial charge is 0.319 e. The van der Waals surface area contributed by atoms with Crippen LogP contribution < -0.4 is 10.5 Å². The van der Waals surface area contributed by atoms with E-state index < -0.39 is 11.9 Å². The number of carboxylic acids is 1. The predicted molar refractivity (Wildman–Crippen MR) is 153 cm³/mol. The normalized spacial score (nSPS) is 22.9. The summed E-state index contributed by atoms with van der Waals surface area (Å²) in [6, 6.07) is 5.66. The molecule has 3 N–H and O–H groups in total. The molecule has 3 heterocycles. The minimum atomic E-state index is -0.852. The second-order valence-electron chi connectivity index (χ2n) is 11.5. The highest BCUT2D eigenvalue weighted by molar-refractivity contribution is 5.79. The molecule has 222 valence electrons. The van der Waals surface area contributed by atoms with Crippen LogP contribution in [0, 0.1) is 5.92 Å². The summed E-state index contributed by atoms with van der Waals surface area (Å²) in [7, 11) is 1.80. The molecule has 0 bridgehead atoms. The second kappa shape index (κ2) is 14.2. The van der Waals surface area contributed by atoms with Crippen molar-refractivity contribution in [1.29, 1.82) is 0 Å². The lowest BCUT2D eigenvalue weighted by Gasteiger charge is -2.35. The number of aliphatic carboxylic acids is 1. The number of likely N-dealkylation sites (tertiary alicyclic amines) is 1. The van der Waals surface area contributed by atoms with Gasteiger partial charge in [0.25, 0.3) is 0 Å². The number of carbonyl (C=O) groups is 3. The number of ether oxygens (including phenoxy) is 1. The Morgan fingerprint density at radius 1 is 1.18 bits per heavy atom. The summed E-state index contributed by atoms with van der Waals surface area (Å²) in [5.41, 5.74) is 7.79. The van der Waals surface area contributed by atoms with E-state index in [-0.39, 0.29) is 30.4 Å². The fourth-order valence-electron chi connectivity index (χ4n) is 6.49. The van der Waals surface area contributed by atoms with Gasteiger partial charge in [0.05, 0.1) is 19.1 Å². The minimum Gasteiger partial charge on any atom is -0.493 e. The third kappa shape index (κ3) is 7.07. The van der Waals surface area contributed by atoms with Crippen molar-refractivity contribution in [1.82, 2.24) is 19.6 Å². The van der Waals surface area contributed by atoms with Gasteiger partial charge >= 0.3 is 12.0 Å². The van der Waals surface area contributed by atoms with Gasteiger partial charge in [0, 0.05) is 64.7 Å². The van der Waals surface area contributed by atoms with Crippen molar-refractivity contribution in [2.24, 2.45) is 11.7 Å². The number of nitrogens with zero attached hydrogens (tertiary/aromatic N) is 4. The van der Waals surface area contributed by atoms with Crippen LogP contribution in [0.15, 0.2) is 18.2 Å². The summed E-state index contributed by atoms with van der Waals surface area (Å²) in [5, 5.41) is 10.5. The van der Waals surface area contributed by atoms with Gasteiger partial charge in [-0.1, -0.05) is 25.5 Å². The van der Waals surface area contributed by atoms with Gasteiger partial charge in [-0.2, -0.15) is 0 Å². The van der Waals surface area contributed by atoms with Crippen molar-refractivity contribution in [3.8, 4) is 5.75 Å². The lowest BCUT2D eigenvalue weighted by atomic mass is 9.83. The van der Waals surface area contributed by atoms with Crippen molar-refractivity contribution >= 4 is 17.9 Å². The Hall–Kier alpha value is -2.85. The van der Waals surface area contributed by atoms with E-state index in [1.807, 2.05) is 21.9 Å². The molecule has 10 nitrogen and oxygen atoms in total. The van der Waals surface area contributed by atoms with E-state index >= 15 is 0 Å². The summed E-state index contributed by atoms with van der Waals surface area (Å²) >= 11 is 0. The minimum absolute atomic E-state index is 0.0143. The van der Waals surface area contributed by atoms with Crippen molar-refractivity contribution in [2.45, 2.75) is 63.8 Å². The second-order valence-corrected chi connectivity index (χ2v) is 11.5. The van der Waals surface area contributed by atoms with E-state index in [1.165, 1.54) is 0 Å². The third-order valence-electron chi connectivity index (χ3n) is 8.74. The number of hydrogen-bond acceptors (Lipinski definition) is 6. The monoisotopic (exact) mass is 557 g/mol. The first-order valence-electron chi connectivity index (χ1n) is 15.0. The van der Waals surface area contributed by atoms with Gasteiger partial charge in [-0.25, -0.2) is 4.79 Å². The van der Waals surface area contributed by atoms with Crippen LogP contribution in [0.1, 0.15) is 62.5 Å². The van der Waals surface area contributed by atoms with Gasteiger partial charge in [0.15, 0.2) is 0 Å². The molecule has 2 fully saturated rings. The molecule has 3 amide bonds. The highest BCUT2D eigenvalue weighted by Crippen LogP contribution is 2.41. The molecule has 0 radical (unpaired) electrons. The summed E-state index contributed by atoms with van der Waals surface area (Å²) < 4.78 is 5.68. The zero-order chi connectivity index (χ0) is 28.6. The van der Waals surface area contributed by atoms with Gasteiger partial charge in [-0.05, 0) is 55.8 Å². The Bertz CT molecular complexity index is 1040. The highest BCUT2D eigenvalue weighted by atomic mass is 16.5. The SMILES string of the molecule is CCCCN(CCCCN)C(=O)CN1C[C@H](c2ccc3c(c2)CCO3)[C@@H](C(=O)O)[C@@H]1CCN1CCCN(C)C1=O. The fourth-order valence-corrected chi connectivity index (χ4v) is 6.49. The van der Waals surface area contributed by atoms with Gasteiger partial charge in [-0.3, -0.25) is 14.5 Å². The van der Waals surface area contributed by atoms with Gasteiger partial charge in [0.2, 0.25) is 5.91 Å². The number of amides is 3. The van der Waals surface area contributed by atoms with Crippen LogP contribution in [-0.2, 0) is 16.0 Å². The number of unbranched alkanes of at least 4 members (excludes halogenated alkanes) is 2. The molecule has 4 rings (SSSR count). The van der Waals surface area contributed by atoms with E-state index in [0.29, 0.717) is 52.3 Å². The standard InChI is InChI=1S/C30H47N5O5/c1-3-4-14-33(15-6-5-12-31)27(36)21-35-20-24(22-8-9-26-23(19-22)11-18-40-26)28(29(37)38)25(35)10-17-34-16-7-13-32(2)30(34)39/h8-9,19,24-25,28H,3-7,10-18,20-21,31H2,1-2H3,(H,37,38)/t24-,25+,28-/m1/s1. The predicted octanol–water partition coefficient (Wildman–Crippen LogP) is 2.61. The molecular formula is C30H47N5O5. The largest absolute Gasteiger partial charge is 0.493 e. The molecule has 0 saturated carbocycles. The molecule has 3 aliphatic rings. The first-order valence-corrected chi connectivity index (χ1v) is 15.0. The van der Waals surface area contributed by atoms with Crippen molar-refractivity contribution in [2.75, 3.05) is 66.0 Å². The third-order valence-corrected chi connectivity index (χ3v) is 8.74. The zero-order valence-electron chi connectivity index (χ0n) is 24.2. The van der Waals surface area contributed by atoms with E-state index in [0.717, 1.165) is 61.9 Å². The summed E-state index contributed by atoms with van der Waals surface area (Å²) in [6.45, 7) is 7.28. The Kier molecular flexibility index (Phi) is 10.7. The molecule has 0 aromatic heterocycles. The van der Waals surface area contributed by atoms with Crippen LogP contribution in [-0.4, -0.2) is 115 Å². The van der Waals surface area contributed by atoms with Gasteiger partial charge in [0.1, 0.15) is 5.75 Å². The Morgan fingerprint density at radius 2 is 1.98 bits per heavy atom. The van der Waals surface area contributed by atoms with Crippen molar-refractivity contribution in [3.63, 3.8) is 0 Å². The topological polar surface area (TPSA) is 120 Å². The van der Waals surface area contributed by atoms with E-state index in [9.17, 15) is 19.5 Å². The number of carboxylic acid groups (broad SMARTS) is 1. The number of fused-ring (bicyclic) bond motifs is 1. The van der Waals surface area contributed by atoms with Crippen LogP contribution in [0.5, 0.6) is 5.75 Å². The molecule has 3 atom stereocenters. The first-order chi connectivity index (χ1) is 19.3. The quantitative estimate of drug-likeness (QED) is 0.338. The number of nitrogens with two attached hydrogens (primary N) is 1. The fraction of sp³-hybridized carbons (Fsp3) is 0.700. The van der Waals surface area contributed by atoms with E-state index in [1.54, 1.807) is 11.9 Å². The molecule has 2 saturated heterocycles. The molecule has 0 aliphatic carbocycles. The van der Waals surface area contributed by atoms with Gasteiger partial charge in [-0.15, -0.1) is 0 Å². The maximum absolute atomic E-state index is 13.6. The first kappa shape index (κ1) is 30.1. The molecule has 3 aliphatic heterocycles. The van der Waals surface area contributed by atoms with Crippen LogP contribution >= 0.6 is 0 Å². The van der Waals surface area contributed by atoms with E-state index in [4.69, 9.17) is 10.5 Å². The van der Waals surface area contributed by atoms with Gasteiger partial charge < -0.3 is 30.3 Å². The average Bonchev–Trinajstić information content (AvgIpc) is 3.55. The summed E-state index contributed by atoms with van der Waals surface area (Å²) in [4.78, 5) is 46.8. The maximum Gasteiger partial charge on any atom is 0.319 e. The number of hydrogen-bond donors (Lipinski definition) is 2. The highest BCUT2D eigenvalue weighted by Gasteiger charge is 2.47. The van der Waals surface area contributed by atoms with Crippen LogP contribution in [0.3, 0.4) is 0 Å². The maximum atomic E-state index is 13.6. The lowest BCUT2D eigenvalue weighted by molar-refractivity contribution is -0.144. The number of rotatable bonds is 14. The molecule has 40 heavy (non-hydrogen) atoms. The lowest BCUT2D eigenvalue weighted by Crippen LogP contribution is -2.50. The van der Waals surface area contributed by atoms with Crippen LogP contribution in [0.4, 0.5) is 4.79 Å². The Balaban J connectivity index is 1.57. The Morgan fingerprint density at radius 3 is 2.73 bits per heavy atom. The number of urea groups is 1. The molecule has 0 unspecified atom stereocenters. The molecular weight excluding hydrogens is 510 g/mol. The van der Waals surface area contributed by atoms with Crippen molar-refractivity contribution in [3.05, 3.63) is 29.3 Å². The molecule has 1 aromatic carbocycles. The Labute approximate surface area is 238 Å². The average molecular weight is 558 g/mol. The number of carbonyl (C=O) groups excluding carboxylic acids is 2. The van der Waals surface area contributed by atoms with E-state index in [2.05, 4.69) is 17.9 Å². The summed E-state index contributed by atoms with van der Waals surface area (Å²) in [6.07, 6.45) is 5.88. The molecule has 0 spiro atoms. The molecule has 10 heteroatoms. The van der Waals surface area contributed by atoms with Crippen LogP contribution in [0.2, 0.25) is 0 Å². The zero-order valence-corrected chi connectivity index (χ0v) is 24.2. The van der Waals surface area contributed by atoms with Crippen LogP contribution in [0.25, 0.3) is 0 Å². The molecule has 1 aromatic rings.